The second kappa shape index (κ2) is 9.36. The minimum absolute atomic E-state index is 0.379. The Morgan fingerprint density at radius 1 is 1.21 bits per heavy atom. The third kappa shape index (κ3) is 4.77. The highest BCUT2D eigenvalue weighted by Gasteiger charge is 2.23. The molecule has 0 atom stereocenters. The lowest BCUT2D eigenvalue weighted by molar-refractivity contribution is 0.281. The van der Waals surface area contributed by atoms with Gasteiger partial charge in [-0.05, 0) is 51.6 Å². The summed E-state index contributed by atoms with van der Waals surface area (Å²) >= 11 is 0. The zero-order valence-corrected chi connectivity index (χ0v) is 19.1. The van der Waals surface area contributed by atoms with Crippen LogP contribution in [0.1, 0.15) is 25.0 Å². The first-order valence-electron chi connectivity index (χ1n) is 11.2. The number of rotatable bonds is 10. The van der Waals surface area contributed by atoms with Gasteiger partial charge in [0.25, 0.3) is 0 Å². The van der Waals surface area contributed by atoms with Crippen molar-refractivity contribution in [2.75, 3.05) is 37.9 Å². The van der Waals surface area contributed by atoms with Crippen LogP contribution in [-0.2, 0) is 0 Å². The Bertz CT molecular complexity index is 1320. The van der Waals surface area contributed by atoms with Gasteiger partial charge in [-0.1, -0.05) is 0 Å². The third-order valence-corrected chi connectivity index (χ3v) is 5.45. The number of benzene rings is 1. The molecule has 3 aromatic heterocycles. The molecule has 0 amide bonds. The second-order valence-corrected chi connectivity index (χ2v) is 8.53. The Labute approximate surface area is 197 Å². The molecule has 34 heavy (non-hydrogen) atoms. The van der Waals surface area contributed by atoms with Gasteiger partial charge in [0.15, 0.2) is 17.2 Å². The summed E-state index contributed by atoms with van der Waals surface area (Å²) in [6.07, 6.45) is 7.98. The van der Waals surface area contributed by atoms with Gasteiger partial charge in [-0.3, -0.25) is 4.57 Å². The van der Waals surface area contributed by atoms with Crippen LogP contribution in [0.2, 0.25) is 0 Å². The minimum Gasteiger partial charge on any atom is -0.491 e. The fourth-order valence-corrected chi connectivity index (χ4v) is 3.61. The van der Waals surface area contributed by atoms with E-state index in [0.29, 0.717) is 29.8 Å². The molecule has 11 nitrogen and oxygen atoms in total. The molecule has 0 unspecified atom stereocenters. The molecular formula is C23H26N10O. The van der Waals surface area contributed by atoms with Gasteiger partial charge in [-0.25, -0.2) is 4.98 Å². The largest absolute Gasteiger partial charge is 0.491 e. The van der Waals surface area contributed by atoms with Crippen molar-refractivity contribution in [3.63, 3.8) is 0 Å². The highest BCUT2D eigenvalue weighted by Crippen LogP contribution is 2.31. The maximum absolute atomic E-state index is 9.46. The standard InChI is InChI=1S/C23H26N10O/c1-31(2)8-3-9-34-21-7-6-17(10-20(21)32-14-26-27-15-32)29-22-11-19(28-16-4-5-16)23-25-13-18(12-24)33(23)30-22/h6-7,10-11,13-16,28H,3-5,8-9H2,1-2H3,(H,29,30). The van der Waals surface area contributed by atoms with E-state index < -0.39 is 0 Å². The Morgan fingerprint density at radius 2 is 2.03 bits per heavy atom. The van der Waals surface area contributed by atoms with Crippen molar-refractivity contribution in [1.29, 1.82) is 5.26 Å². The number of anilines is 3. The fraction of sp³-hybridized carbons (Fsp3) is 0.348. The normalized spacial score (nSPS) is 13.2. The van der Waals surface area contributed by atoms with Crippen molar-refractivity contribution in [3.05, 3.63) is 48.8 Å². The maximum atomic E-state index is 9.46. The molecule has 3 heterocycles. The molecule has 5 rings (SSSR count). The Balaban J connectivity index is 1.43. The predicted octanol–water partition coefficient (Wildman–Crippen LogP) is 2.83. The van der Waals surface area contributed by atoms with Crippen molar-refractivity contribution >= 4 is 22.8 Å². The smallest absolute Gasteiger partial charge is 0.178 e. The number of fused-ring (bicyclic) bond motifs is 1. The Hall–Kier alpha value is -4.17. The van der Waals surface area contributed by atoms with Crippen molar-refractivity contribution in [3.8, 4) is 17.5 Å². The molecule has 0 radical (unpaired) electrons. The van der Waals surface area contributed by atoms with Crippen molar-refractivity contribution in [1.82, 2.24) is 34.3 Å². The van der Waals surface area contributed by atoms with Gasteiger partial charge in [-0.2, -0.15) is 9.78 Å². The number of hydrogen-bond acceptors (Lipinski definition) is 9. The van der Waals surface area contributed by atoms with Gasteiger partial charge in [0, 0.05) is 24.3 Å². The van der Waals surface area contributed by atoms with Crippen LogP contribution < -0.4 is 15.4 Å². The van der Waals surface area contributed by atoms with Crippen LogP contribution in [-0.4, -0.2) is 67.6 Å². The molecule has 1 aromatic carbocycles. The van der Waals surface area contributed by atoms with E-state index in [4.69, 9.17) is 4.74 Å². The molecule has 2 N–H and O–H groups in total. The predicted molar refractivity (Wildman–Crippen MR) is 128 cm³/mol. The Kier molecular flexibility index (Phi) is 5.97. The average molecular weight is 459 g/mol. The third-order valence-electron chi connectivity index (χ3n) is 5.45. The van der Waals surface area contributed by atoms with Crippen LogP contribution in [0.5, 0.6) is 5.75 Å². The van der Waals surface area contributed by atoms with Gasteiger partial charge in [0.05, 0.1) is 24.2 Å². The number of nitrogens with zero attached hydrogens (tertiary/aromatic N) is 8. The van der Waals surface area contributed by atoms with E-state index in [2.05, 4.69) is 41.9 Å². The Morgan fingerprint density at radius 3 is 2.76 bits per heavy atom. The van der Waals surface area contributed by atoms with Crippen molar-refractivity contribution in [2.45, 2.75) is 25.3 Å². The summed E-state index contributed by atoms with van der Waals surface area (Å²) in [6, 6.07) is 10.3. The molecule has 11 heteroatoms. The zero-order chi connectivity index (χ0) is 23.5. The van der Waals surface area contributed by atoms with E-state index in [-0.39, 0.29) is 0 Å². The second-order valence-electron chi connectivity index (χ2n) is 8.53. The molecule has 0 bridgehead atoms. The van der Waals surface area contributed by atoms with E-state index in [1.165, 1.54) is 6.20 Å². The van der Waals surface area contributed by atoms with Crippen LogP contribution >= 0.6 is 0 Å². The number of hydrogen-bond donors (Lipinski definition) is 2. The minimum atomic E-state index is 0.379. The molecule has 1 aliphatic rings. The molecule has 1 saturated carbocycles. The van der Waals surface area contributed by atoms with E-state index >= 15 is 0 Å². The van der Waals surface area contributed by atoms with Gasteiger partial charge in [-0.15, -0.1) is 15.3 Å². The number of ether oxygens (including phenoxy) is 1. The van der Waals surface area contributed by atoms with E-state index in [0.717, 1.165) is 48.6 Å². The topological polar surface area (TPSA) is 121 Å². The van der Waals surface area contributed by atoms with Gasteiger partial charge < -0.3 is 20.3 Å². The van der Waals surface area contributed by atoms with Crippen LogP contribution in [0.3, 0.4) is 0 Å². The van der Waals surface area contributed by atoms with Gasteiger partial charge in [0.1, 0.15) is 24.5 Å². The molecule has 174 valence electrons. The maximum Gasteiger partial charge on any atom is 0.178 e. The number of imidazole rings is 1. The SMILES string of the molecule is CN(C)CCCOc1ccc(Nc2cc(NC3CC3)c3ncc(C#N)n3n2)cc1-n1cnnc1. The van der Waals surface area contributed by atoms with Gasteiger partial charge in [0.2, 0.25) is 0 Å². The first kappa shape index (κ1) is 21.7. The highest BCUT2D eigenvalue weighted by atomic mass is 16.5. The number of nitriles is 1. The van der Waals surface area contributed by atoms with Crippen LogP contribution in [0, 0.1) is 11.3 Å². The summed E-state index contributed by atoms with van der Waals surface area (Å²) in [5.41, 5.74) is 3.50. The average Bonchev–Trinajstić information content (AvgIpc) is 3.30. The summed E-state index contributed by atoms with van der Waals surface area (Å²) in [5, 5.41) is 28.8. The van der Waals surface area contributed by atoms with Crippen LogP contribution in [0.4, 0.5) is 17.2 Å². The lowest BCUT2D eigenvalue weighted by Gasteiger charge is -2.16. The summed E-state index contributed by atoms with van der Waals surface area (Å²) in [6.45, 7) is 1.55. The molecule has 1 fully saturated rings. The lowest BCUT2D eigenvalue weighted by atomic mass is 10.2. The molecule has 0 spiro atoms. The molecular weight excluding hydrogens is 432 g/mol. The van der Waals surface area contributed by atoms with E-state index in [9.17, 15) is 5.26 Å². The summed E-state index contributed by atoms with van der Waals surface area (Å²) < 4.78 is 9.44. The van der Waals surface area contributed by atoms with Crippen LogP contribution in [0.25, 0.3) is 11.3 Å². The number of aromatic nitrogens is 6. The van der Waals surface area contributed by atoms with E-state index in [1.807, 2.05) is 42.9 Å². The number of nitrogens with one attached hydrogen (secondary N) is 2. The van der Waals surface area contributed by atoms with Crippen molar-refractivity contribution < 1.29 is 4.74 Å². The monoisotopic (exact) mass is 458 g/mol. The molecule has 0 saturated heterocycles. The summed E-state index contributed by atoms with van der Waals surface area (Å²) in [4.78, 5) is 6.51. The molecule has 1 aliphatic carbocycles. The molecule has 0 aliphatic heterocycles. The molecule has 4 aromatic rings. The van der Waals surface area contributed by atoms with Crippen LogP contribution in [0.15, 0.2) is 43.1 Å². The fourth-order valence-electron chi connectivity index (χ4n) is 3.61. The lowest BCUT2D eigenvalue weighted by Crippen LogP contribution is -2.15. The van der Waals surface area contributed by atoms with Gasteiger partial charge >= 0.3 is 0 Å². The quantitative estimate of drug-likeness (QED) is 0.346. The zero-order valence-electron chi connectivity index (χ0n) is 19.1. The highest BCUT2D eigenvalue weighted by molar-refractivity contribution is 5.74. The summed E-state index contributed by atoms with van der Waals surface area (Å²) in [5.74, 6) is 1.34. The van der Waals surface area contributed by atoms with E-state index in [1.54, 1.807) is 17.2 Å². The first-order valence-corrected chi connectivity index (χ1v) is 11.2. The summed E-state index contributed by atoms with van der Waals surface area (Å²) in [7, 11) is 4.09. The van der Waals surface area contributed by atoms with Crippen molar-refractivity contribution in [2.24, 2.45) is 0 Å². The first-order chi connectivity index (χ1) is 16.6.